The lowest BCUT2D eigenvalue weighted by Gasteiger charge is -2.31. The molecule has 0 bridgehead atoms. The number of nitrogens with two attached hydrogens (primary N) is 3. The number of nitrogens with one attached hydrogen (secondary N) is 8. The van der Waals surface area contributed by atoms with Gasteiger partial charge in [-0.25, -0.2) is 4.98 Å². The third-order valence-corrected chi connectivity index (χ3v) is 12.4. The molecule has 0 aliphatic heterocycles. The summed E-state index contributed by atoms with van der Waals surface area (Å²) in [4.78, 5) is 127. The van der Waals surface area contributed by atoms with Crippen molar-refractivity contribution in [3.05, 3.63) is 76.6 Å². The highest BCUT2D eigenvalue weighted by molar-refractivity contribution is 7.09. The fourth-order valence-electron chi connectivity index (χ4n) is 7.37. The van der Waals surface area contributed by atoms with Gasteiger partial charge in [0.1, 0.15) is 36.3 Å². The Labute approximate surface area is 410 Å². The van der Waals surface area contributed by atoms with Crippen LogP contribution in [0.25, 0.3) is 10.9 Å². The van der Waals surface area contributed by atoms with E-state index in [1.807, 2.05) is 29.6 Å². The molecule has 3 aromatic heterocycles. The minimum absolute atomic E-state index is 0.0154. The van der Waals surface area contributed by atoms with Crippen LogP contribution in [0.2, 0.25) is 0 Å². The molecule has 22 nitrogen and oxygen atoms in total. The highest BCUT2D eigenvalue weighted by atomic mass is 32.1. The van der Waals surface area contributed by atoms with E-state index >= 15 is 0 Å². The number of aromatic amines is 1. The van der Waals surface area contributed by atoms with Gasteiger partial charge >= 0.3 is 0 Å². The first-order chi connectivity index (χ1) is 32.9. The van der Waals surface area contributed by atoms with Crippen molar-refractivity contribution in [2.75, 3.05) is 6.54 Å². The molecule has 1 unspecified atom stereocenters. The van der Waals surface area contributed by atoms with Crippen molar-refractivity contribution in [2.45, 2.75) is 122 Å². The second kappa shape index (κ2) is 25.5. The maximum Gasteiger partial charge on any atom is 0.243 e. The highest BCUT2D eigenvalue weighted by Crippen LogP contribution is 2.21. The first-order valence-electron chi connectivity index (χ1n) is 22.9. The van der Waals surface area contributed by atoms with Gasteiger partial charge in [-0.05, 0) is 47.8 Å². The van der Waals surface area contributed by atoms with Crippen molar-refractivity contribution in [2.24, 2.45) is 35.6 Å². The number of amides is 9. The van der Waals surface area contributed by atoms with Gasteiger partial charge in [0.2, 0.25) is 53.2 Å². The Bertz CT molecular complexity index is 2480. The van der Waals surface area contributed by atoms with Gasteiger partial charge in [0.05, 0.1) is 12.4 Å². The van der Waals surface area contributed by atoms with Crippen molar-refractivity contribution >= 4 is 75.4 Å². The van der Waals surface area contributed by atoms with Gasteiger partial charge in [0, 0.05) is 79.6 Å². The van der Waals surface area contributed by atoms with Crippen LogP contribution >= 0.6 is 11.3 Å². The molecule has 9 amide bonds. The minimum Gasteiger partial charge on any atom is -0.370 e. The van der Waals surface area contributed by atoms with E-state index in [-0.39, 0.29) is 45.1 Å². The van der Waals surface area contributed by atoms with Crippen LogP contribution in [0.3, 0.4) is 0 Å². The number of primary amides is 2. The Balaban J connectivity index is 1.40. The second-order valence-corrected chi connectivity index (χ2v) is 19.6. The molecule has 70 heavy (non-hydrogen) atoms. The van der Waals surface area contributed by atoms with Crippen LogP contribution in [0.4, 0.5) is 0 Å². The number of rotatable bonds is 26. The van der Waals surface area contributed by atoms with Crippen LogP contribution in [0.1, 0.15) is 76.9 Å². The summed E-state index contributed by atoms with van der Waals surface area (Å²) >= 11 is 1.37. The van der Waals surface area contributed by atoms with Gasteiger partial charge < -0.3 is 64.0 Å². The van der Waals surface area contributed by atoms with E-state index in [1.165, 1.54) is 30.8 Å². The molecule has 0 aliphatic rings. The Morgan fingerprint density at radius 3 is 2.00 bits per heavy atom. The number of aryl methyl sites for hydroxylation is 1. The largest absolute Gasteiger partial charge is 0.370 e. The SMILES string of the molecule is CC(C)[C@H](NC(=O)[C@H](C)NC(=O)[C@H](Cc1c[nH]c2ccccc12)NC(=O)[C@@H](N)CCC(N)=O)C(=O)NCCC(=O)N[C@@H](Cc1cncn1C)C(=O)N[C@@H](Cc1cccs1)C(=O)NC(C(N)=O)C(C)(C)C. The topological polar surface area (TPSA) is 350 Å². The molecule has 14 N–H and O–H groups in total. The van der Waals surface area contributed by atoms with E-state index in [2.05, 4.69) is 47.2 Å². The lowest BCUT2D eigenvalue weighted by atomic mass is 9.86. The van der Waals surface area contributed by atoms with Crippen molar-refractivity contribution < 1.29 is 43.2 Å². The lowest BCUT2D eigenvalue weighted by molar-refractivity contribution is -0.134. The Kier molecular flexibility index (Phi) is 20.2. The molecule has 0 radical (unpaired) electrons. The number of benzene rings is 1. The number of imidazole rings is 1. The number of carbonyl (C=O) groups is 9. The number of carbonyl (C=O) groups excluding carboxylic acids is 9. The molecule has 4 aromatic rings. The third-order valence-electron chi connectivity index (χ3n) is 11.5. The first-order valence-corrected chi connectivity index (χ1v) is 23.8. The van der Waals surface area contributed by atoms with E-state index in [4.69, 9.17) is 17.2 Å². The monoisotopic (exact) mass is 989 g/mol. The Morgan fingerprint density at radius 1 is 0.743 bits per heavy atom. The van der Waals surface area contributed by atoms with Crippen LogP contribution in [0.5, 0.6) is 0 Å². The zero-order valence-corrected chi connectivity index (χ0v) is 41.4. The maximum atomic E-state index is 14.0. The highest BCUT2D eigenvalue weighted by Gasteiger charge is 2.36. The van der Waals surface area contributed by atoms with E-state index in [9.17, 15) is 43.2 Å². The smallest absolute Gasteiger partial charge is 0.243 e. The number of H-pyrrole nitrogens is 1. The molecule has 380 valence electrons. The van der Waals surface area contributed by atoms with Crippen LogP contribution in [0.15, 0.2) is 60.5 Å². The average molecular weight is 990 g/mol. The quantitative estimate of drug-likeness (QED) is 0.0370. The van der Waals surface area contributed by atoms with Crippen LogP contribution in [-0.4, -0.2) is 117 Å². The molecular formula is C47H67N13O9S. The van der Waals surface area contributed by atoms with Crippen LogP contribution in [-0.2, 0) is 69.5 Å². The second-order valence-electron chi connectivity index (χ2n) is 18.6. The summed E-state index contributed by atoms with van der Waals surface area (Å²) in [7, 11) is 1.72. The predicted octanol–water partition coefficient (Wildman–Crippen LogP) is -0.794. The van der Waals surface area contributed by atoms with Gasteiger partial charge in [0.25, 0.3) is 0 Å². The van der Waals surface area contributed by atoms with E-state index in [1.54, 1.807) is 64.6 Å². The molecule has 0 saturated carbocycles. The minimum atomic E-state index is -1.21. The number of fused-ring (bicyclic) bond motifs is 1. The molecule has 0 spiro atoms. The van der Waals surface area contributed by atoms with Gasteiger partial charge in [-0.2, -0.15) is 0 Å². The van der Waals surface area contributed by atoms with Crippen molar-refractivity contribution in [3.63, 3.8) is 0 Å². The molecule has 1 aromatic carbocycles. The number of aromatic nitrogens is 3. The van der Waals surface area contributed by atoms with Crippen LogP contribution in [0, 0.1) is 11.3 Å². The van der Waals surface area contributed by atoms with E-state index in [0.29, 0.717) is 11.3 Å². The fraction of sp³-hybridized carbons (Fsp3) is 0.489. The van der Waals surface area contributed by atoms with Gasteiger partial charge in [-0.3, -0.25) is 43.2 Å². The summed E-state index contributed by atoms with van der Waals surface area (Å²) in [6, 6.07) is 2.89. The third kappa shape index (κ3) is 16.5. The standard InChI is InChI=1S/C47H67N13O9S/c1-25(2)38(58-41(64)26(3)54-43(66)33(56-42(65)31(48)14-15-36(49)61)19-27-22-53-32-13-9-8-12-30(27)32)46(69)52-17-16-37(62)55-34(20-28-23-51-24-60(28)7)44(67)57-35(21-29-11-10-18-70-29)45(68)59-39(40(50)63)47(4,5)6/h8-13,18,22-26,31,33-35,38-39,53H,14-17,19-21,48H2,1-7H3,(H2,49,61)(H2,50,63)(H,52,69)(H,54,66)(H,55,62)(H,56,65)(H,57,67)(H,58,64)(H,59,68)/t26-,31-,33-,34-,35-,38-,39?/m0/s1. The first kappa shape index (κ1) is 55.5. The number of nitrogens with zero attached hydrogens (tertiary/aromatic N) is 2. The molecule has 0 saturated heterocycles. The van der Waals surface area contributed by atoms with Crippen LogP contribution < -0.4 is 54.4 Å². The number of para-hydroxylation sites is 1. The zero-order valence-electron chi connectivity index (χ0n) is 40.6. The summed E-state index contributed by atoms with van der Waals surface area (Å²) < 4.78 is 1.67. The van der Waals surface area contributed by atoms with Gasteiger partial charge in [0.15, 0.2) is 0 Å². The van der Waals surface area contributed by atoms with E-state index < -0.39 is 107 Å². The molecular weight excluding hydrogens is 923 g/mol. The number of hydrogen-bond acceptors (Lipinski definition) is 12. The van der Waals surface area contributed by atoms with Crippen molar-refractivity contribution in [3.8, 4) is 0 Å². The lowest BCUT2D eigenvalue weighted by Crippen LogP contribution is -2.59. The number of hydrogen-bond donors (Lipinski definition) is 11. The fourth-order valence-corrected chi connectivity index (χ4v) is 8.13. The van der Waals surface area contributed by atoms with Gasteiger partial charge in [-0.1, -0.05) is 58.9 Å². The van der Waals surface area contributed by atoms with Crippen molar-refractivity contribution in [1.29, 1.82) is 0 Å². The summed E-state index contributed by atoms with van der Waals surface area (Å²) in [6.45, 7) is 9.83. The summed E-state index contributed by atoms with van der Waals surface area (Å²) in [5, 5.41) is 21.3. The number of thiophene rings is 1. The maximum absolute atomic E-state index is 14.0. The average Bonchev–Trinajstić information content (AvgIpc) is 4.06. The van der Waals surface area contributed by atoms with E-state index in [0.717, 1.165) is 15.8 Å². The summed E-state index contributed by atoms with van der Waals surface area (Å²) in [5.74, 6) is -6.55. The molecule has 23 heteroatoms. The molecule has 0 fully saturated rings. The molecule has 7 atom stereocenters. The van der Waals surface area contributed by atoms with Crippen molar-refractivity contribution in [1.82, 2.24) is 51.8 Å². The molecule has 0 aliphatic carbocycles. The molecule has 4 rings (SSSR count). The normalized spacial score (nSPS) is 14.5. The Hall–Kier alpha value is -7.14. The predicted molar refractivity (Wildman–Crippen MR) is 262 cm³/mol. The Morgan fingerprint density at radius 2 is 1.39 bits per heavy atom. The molecule has 3 heterocycles. The summed E-state index contributed by atoms with van der Waals surface area (Å²) in [6.07, 6.45) is 4.37. The zero-order chi connectivity index (χ0) is 51.9. The summed E-state index contributed by atoms with van der Waals surface area (Å²) in [5.41, 5.74) is 18.2. The van der Waals surface area contributed by atoms with Gasteiger partial charge in [-0.15, -0.1) is 11.3 Å².